The van der Waals surface area contributed by atoms with Gasteiger partial charge in [-0.25, -0.2) is 0 Å². The Hall–Kier alpha value is -2.03. The van der Waals surface area contributed by atoms with Gasteiger partial charge in [0.2, 0.25) is 0 Å². The predicted molar refractivity (Wildman–Crippen MR) is 111 cm³/mol. The predicted octanol–water partition coefficient (Wildman–Crippen LogP) is 4.30. The maximum atomic E-state index is 2.28. The van der Waals surface area contributed by atoms with Gasteiger partial charge in [-0.15, -0.1) is 0 Å². The van der Waals surface area contributed by atoms with Crippen molar-refractivity contribution < 1.29 is 20.4 Å². The van der Waals surface area contributed by atoms with E-state index in [1.165, 1.54) is 21.2 Å². The molecule has 0 aliphatic carbocycles. The van der Waals surface area contributed by atoms with E-state index in [9.17, 15) is 0 Å². The van der Waals surface area contributed by atoms with Crippen LogP contribution in [-0.4, -0.2) is 0 Å². The molecule has 2 heteroatoms. The zero-order chi connectivity index (χ0) is 17.0. The van der Waals surface area contributed by atoms with Gasteiger partial charge >= 0.3 is 0 Å². The molecule has 0 nitrogen and oxygen atoms in total. The van der Waals surface area contributed by atoms with Gasteiger partial charge in [-0.05, 0) is 28.5 Å². The SMILES string of the molecule is [Pd].c1ccc([P](c2ccccc2)(c2ccccc2)c2ccccc2)cc1. The van der Waals surface area contributed by atoms with Gasteiger partial charge in [0.1, 0.15) is 0 Å². The van der Waals surface area contributed by atoms with Crippen molar-refractivity contribution in [1.82, 2.24) is 0 Å². The summed E-state index contributed by atoms with van der Waals surface area (Å²) in [5.41, 5.74) is 0. The number of hydrogen-bond acceptors (Lipinski definition) is 0. The first-order chi connectivity index (χ1) is 12.4. The van der Waals surface area contributed by atoms with Gasteiger partial charge in [-0.3, -0.25) is 0 Å². The van der Waals surface area contributed by atoms with Gasteiger partial charge in [0.05, 0.1) is 0 Å². The van der Waals surface area contributed by atoms with E-state index >= 15 is 0 Å². The van der Waals surface area contributed by atoms with E-state index in [1.807, 2.05) is 0 Å². The van der Waals surface area contributed by atoms with E-state index in [0.29, 0.717) is 0 Å². The van der Waals surface area contributed by atoms with Crippen molar-refractivity contribution in [3.05, 3.63) is 121 Å². The van der Waals surface area contributed by atoms with Crippen molar-refractivity contribution in [3.63, 3.8) is 0 Å². The van der Waals surface area contributed by atoms with Crippen LogP contribution in [0.4, 0.5) is 0 Å². The van der Waals surface area contributed by atoms with Crippen molar-refractivity contribution in [2.24, 2.45) is 0 Å². The standard InChI is InChI=1S/C24H20P.Pd/c1-5-13-21(14-6-1)25(22-15-7-2-8-16-22,23-17-9-3-10-18-23)24-19-11-4-12-20-24;/h1-20H;. The van der Waals surface area contributed by atoms with Crippen LogP contribution in [0.5, 0.6) is 0 Å². The zero-order valence-electron chi connectivity index (χ0n) is 14.3. The zero-order valence-corrected chi connectivity index (χ0v) is 16.8. The molecule has 0 heterocycles. The first-order valence-electron chi connectivity index (χ1n) is 8.54. The van der Waals surface area contributed by atoms with E-state index in [0.717, 1.165) is 0 Å². The summed E-state index contributed by atoms with van der Waals surface area (Å²) < 4.78 is 0. The normalized spacial score (nSPS) is 10.8. The fraction of sp³-hybridized carbons (Fsp3) is 0. The molecule has 0 amide bonds. The second-order valence-corrected chi connectivity index (χ2v) is 9.42. The van der Waals surface area contributed by atoms with E-state index in [4.69, 9.17) is 0 Å². The van der Waals surface area contributed by atoms with Crippen LogP contribution in [0, 0.1) is 0 Å². The summed E-state index contributed by atoms with van der Waals surface area (Å²) in [6, 6.07) is 43.8. The molecule has 0 aliphatic rings. The molecular weight excluding hydrogens is 426 g/mol. The van der Waals surface area contributed by atoms with E-state index in [1.54, 1.807) is 0 Å². The Bertz CT molecular complexity index is 759. The third-order valence-electron chi connectivity index (χ3n) is 4.57. The molecule has 131 valence electrons. The molecular formula is C24H20PPd. The minimum absolute atomic E-state index is 0. The fourth-order valence-corrected chi connectivity index (χ4v) is 7.77. The van der Waals surface area contributed by atoms with Gasteiger partial charge in [0.15, 0.2) is 0 Å². The van der Waals surface area contributed by atoms with Crippen molar-refractivity contribution in [1.29, 1.82) is 0 Å². The maximum absolute atomic E-state index is 2.28. The summed E-state index contributed by atoms with van der Waals surface area (Å²) in [6.45, 7) is 0. The molecule has 0 N–H and O–H groups in total. The first-order valence-corrected chi connectivity index (χ1v) is 10.3. The molecule has 0 saturated carbocycles. The number of rotatable bonds is 4. The smallest absolute Gasteiger partial charge is 0 e. The summed E-state index contributed by atoms with van der Waals surface area (Å²) >= 11 is 0. The number of hydrogen-bond donors (Lipinski definition) is 0. The molecule has 0 unspecified atom stereocenters. The molecule has 0 spiro atoms. The molecule has 0 aromatic heterocycles. The molecule has 0 aliphatic heterocycles. The summed E-state index contributed by atoms with van der Waals surface area (Å²) in [5, 5.41) is 5.55. The van der Waals surface area contributed by atoms with Gasteiger partial charge in [-0.2, -0.15) is 0 Å². The second kappa shape index (κ2) is 8.57. The fourth-order valence-electron chi connectivity index (χ4n) is 3.50. The summed E-state index contributed by atoms with van der Waals surface area (Å²) in [7, 11) is -1.91. The molecule has 4 rings (SSSR count). The molecule has 0 atom stereocenters. The average molecular weight is 446 g/mol. The van der Waals surface area contributed by atoms with Crippen molar-refractivity contribution >= 4 is 28.5 Å². The Morgan fingerprint density at radius 2 is 0.500 bits per heavy atom. The Balaban J connectivity index is 0.00000196. The van der Waals surface area contributed by atoms with Crippen LogP contribution in [0.25, 0.3) is 0 Å². The van der Waals surface area contributed by atoms with Crippen LogP contribution < -0.4 is 21.2 Å². The summed E-state index contributed by atoms with van der Waals surface area (Å²) in [6.07, 6.45) is 0. The quantitative estimate of drug-likeness (QED) is 0.324. The monoisotopic (exact) mass is 445 g/mol. The average Bonchev–Trinajstić information content (AvgIpc) is 2.72. The molecule has 0 bridgehead atoms. The Kier molecular flexibility index (Phi) is 6.18. The second-order valence-electron chi connectivity index (χ2n) is 6.01. The molecule has 0 fully saturated rings. The summed E-state index contributed by atoms with van der Waals surface area (Å²) in [4.78, 5) is 0. The van der Waals surface area contributed by atoms with Crippen molar-refractivity contribution in [2.75, 3.05) is 0 Å². The summed E-state index contributed by atoms with van der Waals surface area (Å²) in [5.74, 6) is 0. The van der Waals surface area contributed by atoms with Crippen LogP contribution in [0.1, 0.15) is 0 Å². The Morgan fingerprint density at radius 1 is 0.308 bits per heavy atom. The van der Waals surface area contributed by atoms with Gasteiger partial charge in [0.25, 0.3) is 0 Å². The Morgan fingerprint density at radius 3 is 0.692 bits per heavy atom. The van der Waals surface area contributed by atoms with Gasteiger partial charge < -0.3 is 0 Å². The Labute approximate surface area is 169 Å². The topological polar surface area (TPSA) is 0 Å². The van der Waals surface area contributed by atoms with Gasteiger partial charge in [0, 0.05) is 20.4 Å². The third-order valence-corrected chi connectivity index (χ3v) is 8.86. The maximum Gasteiger partial charge on any atom is 0 e. The number of benzene rings is 4. The van der Waals surface area contributed by atoms with Crippen LogP contribution in [0.3, 0.4) is 0 Å². The largest absolute Gasteiger partial charge is 0.0622 e. The van der Waals surface area contributed by atoms with E-state index in [2.05, 4.69) is 121 Å². The third kappa shape index (κ3) is 3.32. The molecule has 1 radical (unpaired) electrons. The van der Waals surface area contributed by atoms with Crippen LogP contribution >= 0.6 is 7.26 Å². The molecule has 26 heavy (non-hydrogen) atoms. The van der Waals surface area contributed by atoms with Gasteiger partial charge in [-0.1, -0.05) is 121 Å². The van der Waals surface area contributed by atoms with E-state index < -0.39 is 7.26 Å². The van der Waals surface area contributed by atoms with E-state index in [-0.39, 0.29) is 20.4 Å². The van der Waals surface area contributed by atoms with Crippen LogP contribution in [0.15, 0.2) is 121 Å². The minimum Gasteiger partial charge on any atom is -0.0622 e. The molecule has 0 saturated heterocycles. The van der Waals surface area contributed by atoms with Crippen LogP contribution in [-0.2, 0) is 20.4 Å². The first kappa shape index (κ1) is 18.8. The minimum atomic E-state index is -1.91. The molecule has 4 aromatic carbocycles. The molecule has 4 aromatic rings. The van der Waals surface area contributed by atoms with Crippen molar-refractivity contribution in [2.45, 2.75) is 0 Å². The van der Waals surface area contributed by atoms with Crippen molar-refractivity contribution in [3.8, 4) is 0 Å². The van der Waals surface area contributed by atoms with Crippen LogP contribution in [0.2, 0.25) is 0 Å².